The van der Waals surface area contributed by atoms with Gasteiger partial charge in [-0.1, -0.05) is 15.9 Å². The summed E-state index contributed by atoms with van der Waals surface area (Å²) in [6.45, 7) is 1.95. The fourth-order valence-electron chi connectivity index (χ4n) is 2.76. The van der Waals surface area contributed by atoms with Crippen LogP contribution < -0.4 is 9.46 Å². The summed E-state index contributed by atoms with van der Waals surface area (Å²) in [5.74, 6) is 0.827. The van der Waals surface area contributed by atoms with E-state index in [9.17, 15) is 8.42 Å². The van der Waals surface area contributed by atoms with Crippen molar-refractivity contribution >= 4 is 26.0 Å². The molecule has 1 aromatic carbocycles. The third-order valence-corrected chi connectivity index (χ3v) is 6.25. The molecule has 0 bridgehead atoms. The van der Waals surface area contributed by atoms with Gasteiger partial charge in [-0.2, -0.15) is 0 Å². The van der Waals surface area contributed by atoms with Crippen LogP contribution in [0.2, 0.25) is 0 Å². The number of benzene rings is 1. The van der Waals surface area contributed by atoms with E-state index in [4.69, 9.17) is 9.47 Å². The molecule has 3 rings (SSSR count). The predicted molar refractivity (Wildman–Crippen MR) is 82.9 cm³/mol. The van der Waals surface area contributed by atoms with Gasteiger partial charge in [0.15, 0.2) is 0 Å². The van der Waals surface area contributed by atoms with Crippen LogP contribution in [-0.2, 0) is 27.7 Å². The number of rotatable bonds is 4. The molecule has 1 aromatic rings. The molecule has 21 heavy (non-hydrogen) atoms. The first-order valence-corrected chi connectivity index (χ1v) is 9.40. The lowest BCUT2D eigenvalue weighted by Crippen LogP contribution is -2.37. The molecule has 1 saturated heterocycles. The molecule has 116 valence electrons. The molecular weight excluding hydrogens is 358 g/mol. The fourth-order valence-corrected chi connectivity index (χ4v) is 4.72. The Morgan fingerprint density at radius 3 is 2.76 bits per heavy atom. The molecule has 2 aliphatic heterocycles. The molecule has 0 spiro atoms. The van der Waals surface area contributed by atoms with E-state index in [2.05, 4.69) is 20.7 Å². The molecule has 0 unspecified atom stereocenters. The van der Waals surface area contributed by atoms with Crippen molar-refractivity contribution in [1.29, 1.82) is 0 Å². The summed E-state index contributed by atoms with van der Waals surface area (Å²) in [6, 6.07) is 3.94. The normalized spacial score (nSPS) is 19.3. The Balaban J connectivity index is 1.73. The number of sulfonamides is 1. The minimum Gasteiger partial charge on any atom is -0.493 e. The first-order valence-electron chi connectivity index (χ1n) is 7.06. The second kappa shape index (κ2) is 6.24. The van der Waals surface area contributed by atoms with Gasteiger partial charge in [0.1, 0.15) is 5.75 Å². The minimum absolute atomic E-state index is 0.265. The van der Waals surface area contributed by atoms with Gasteiger partial charge in [-0.3, -0.25) is 0 Å². The van der Waals surface area contributed by atoms with Crippen LogP contribution in [-0.4, -0.2) is 33.5 Å². The van der Waals surface area contributed by atoms with Crippen LogP contribution in [0.4, 0.5) is 0 Å². The maximum Gasteiger partial charge on any atom is 0.214 e. The van der Waals surface area contributed by atoms with Gasteiger partial charge in [0.25, 0.3) is 0 Å². The standard InChI is InChI=1S/C14H18BrNO4S/c15-12-7-10-1-6-20-14(10)11(8-12)9-16-21(17,18)13-2-4-19-5-3-13/h7-8,13,16H,1-6,9H2. The van der Waals surface area contributed by atoms with E-state index in [1.165, 1.54) is 0 Å². The predicted octanol–water partition coefficient (Wildman–Crippen LogP) is 1.98. The second-order valence-electron chi connectivity index (χ2n) is 5.33. The quantitative estimate of drug-likeness (QED) is 0.873. The largest absolute Gasteiger partial charge is 0.493 e. The first-order chi connectivity index (χ1) is 10.1. The zero-order valence-electron chi connectivity index (χ0n) is 11.6. The molecule has 0 amide bonds. The molecule has 0 saturated carbocycles. The molecule has 0 atom stereocenters. The van der Waals surface area contributed by atoms with Gasteiger partial charge < -0.3 is 9.47 Å². The number of halogens is 1. The van der Waals surface area contributed by atoms with Crippen LogP contribution in [0.15, 0.2) is 16.6 Å². The van der Waals surface area contributed by atoms with E-state index in [1.54, 1.807) is 0 Å². The van der Waals surface area contributed by atoms with Crippen LogP contribution in [0.3, 0.4) is 0 Å². The van der Waals surface area contributed by atoms with Crippen molar-refractivity contribution in [1.82, 2.24) is 4.72 Å². The van der Waals surface area contributed by atoms with E-state index in [0.29, 0.717) is 32.7 Å². The lowest BCUT2D eigenvalue weighted by atomic mass is 10.1. The van der Waals surface area contributed by atoms with Crippen molar-refractivity contribution in [3.05, 3.63) is 27.7 Å². The lowest BCUT2D eigenvalue weighted by Gasteiger charge is -2.22. The van der Waals surface area contributed by atoms with Gasteiger partial charge >= 0.3 is 0 Å². The highest BCUT2D eigenvalue weighted by molar-refractivity contribution is 9.10. The average molecular weight is 376 g/mol. The Hall–Kier alpha value is -0.630. The van der Waals surface area contributed by atoms with Gasteiger partial charge in [0.05, 0.1) is 11.9 Å². The second-order valence-corrected chi connectivity index (χ2v) is 8.29. The molecule has 2 heterocycles. The van der Waals surface area contributed by atoms with Gasteiger partial charge in [-0.25, -0.2) is 13.1 Å². The zero-order valence-corrected chi connectivity index (χ0v) is 14.0. The zero-order chi connectivity index (χ0) is 14.9. The third kappa shape index (κ3) is 3.41. The lowest BCUT2D eigenvalue weighted by molar-refractivity contribution is 0.0981. The number of nitrogens with one attached hydrogen (secondary N) is 1. The number of hydrogen-bond acceptors (Lipinski definition) is 4. The highest BCUT2D eigenvalue weighted by atomic mass is 79.9. The van der Waals surface area contributed by atoms with Crippen molar-refractivity contribution in [2.24, 2.45) is 0 Å². The summed E-state index contributed by atoms with van der Waals surface area (Å²) in [7, 11) is -3.31. The summed E-state index contributed by atoms with van der Waals surface area (Å²) in [5, 5.41) is -0.354. The van der Waals surface area contributed by atoms with Crippen LogP contribution in [0.1, 0.15) is 24.0 Å². The Bertz CT molecular complexity index is 626. The maximum atomic E-state index is 12.3. The SMILES string of the molecule is O=S(=O)(NCc1cc(Br)cc2c1OCC2)C1CCOCC1. The van der Waals surface area contributed by atoms with Crippen molar-refractivity contribution < 1.29 is 17.9 Å². The first kappa shape index (κ1) is 15.3. The molecule has 1 fully saturated rings. The van der Waals surface area contributed by atoms with Crippen molar-refractivity contribution in [3.8, 4) is 5.75 Å². The van der Waals surface area contributed by atoms with Gasteiger partial charge in [-0.15, -0.1) is 0 Å². The number of hydrogen-bond donors (Lipinski definition) is 1. The minimum atomic E-state index is -3.31. The highest BCUT2D eigenvalue weighted by Crippen LogP contribution is 2.33. The van der Waals surface area contributed by atoms with E-state index in [1.807, 2.05) is 12.1 Å². The fraction of sp³-hybridized carbons (Fsp3) is 0.571. The summed E-state index contributed by atoms with van der Waals surface area (Å²) in [5.41, 5.74) is 2.01. The Kier molecular flexibility index (Phi) is 4.54. The van der Waals surface area contributed by atoms with Crippen LogP contribution in [0.5, 0.6) is 5.75 Å². The van der Waals surface area contributed by atoms with Crippen LogP contribution >= 0.6 is 15.9 Å². The van der Waals surface area contributed by atoms with E-state index in [0.717, 1.165) is 27.8 Å². The number of ether oxygens (including phenoxy) is 2. The summed E-state index contributed by atoms with van der Waals surface area (Å²) < 4.78 is 39.2. The molecule has 1 N–H and O–H groups in total. The van der Waals surface area contributed by atoms with Gasteiger partial charge in [-0.05, 0) is 30.5 Å². The Morgan fingerprint density at radius 2 is 2.00 bits per heavy atom. The topological polar surface area (TPSA) is 64.6 Å². The molecule has 7 heteroatoms. The smallest absolute Gasteiger partial charge is 0.214 e. The van der Waals surface area contributed by atoms with E-state index in [-0.39, 0.29) is 11.8 Å². The average Bonchev–Trinajstić information content (AvgIpc) is 2.94. The molecule has 2 aliphatic rings. The third-order valence-electron chi connectivity index (χ3n) is 3.90. The van der Waals surface area contributed by atoms with Crippen LogP contribution in [0, 0.1) is 0 Å². The molecule has 0 radical (unpaired) electrons. The van der Waals surface area contributed by atoms with Gasteiger partial charge in [0, 0.05) is 36.2 Å². The Labute approximate surface area is 133 Å². The van der Waals surface area contributed by atoms with Gasteiger partial charge in [0.2, 0.25) is 10.0 Å². The van der Waals surface area contributed by atoms with E-state index < -0.39 is 10.0 Å². The summed E-state index contributed by atoms with van der Waals surface area (Å²) >= 11 is 3.46. The molecular formula is C14H18BrNO4S. The highest BCUT2D eigenvalue weighted by Gasteiger charge is 2.28. The van der Waals surface area contributed by atoms with Crippen molar-refractivity contribution in [2.75, 3.05) is 19.8 Å². The summed E-state index contributed by atoms with van der Waals surface area (Å²) in [4.78, 5) is 0. The molecule has 0 aliphatic carbocycles. The summed E-state index contributed by atoms with van der Waals surface area (Å²) in [6.07, 6.45) is 1.99. The monoisotopic (exact) mass is 375 g/mol. The van der Waals surface area contributed by atoms with E-state index >= 15 is 0 Å². The Morgan fingerprint density at radius 1 is 1.24 bits per heavy atom. The number of fused-ring (bicyclic) bond motifs is 1. The molecule has 5 nitrogen and oxygen atoms in total. The molecule has 0 aromatic heterocycles. The van der Waals surface area contributed by atoms with Crippen molar-refractivity contribution in [2.45, 2.75) is 31.1 Å². The maximum absolute atomic E-state index is 12.3. The van der Waals surface area contributed by atoms with Crippen LogP contribution in [0.25, 0.3) is 0 Å². The van der Waals surface area contributed by atoms with Crippen molar-refractivity contribution in [3.63, 3.8) is 0 Å².